The van der Waals surface area contributed by atoms with Crippen LogP contribution in [0.3, 0.4) is 0 Å². The molecule has 0 aliphatic carbocycles. The molecule has 0 aliphatic heterocycles. The van der Waals surface area contributed by atoms with Crippen molar-refractivity contribution in [2.75, 3.05) is 0 Å². The van der Waals surface area contributed by atoms with E-state index in [1.54, 1.807) is 11.3 Å². The highest BCUT2D eigenvalue weighted by atomic mass is 32.1. The molecule has 6 heteroatoms. The van der Waals surface area contributed by atoms with Crippen LogP contribution in [0.2, 0.25) is 0 Å². The molecule has 0 aliphatic rings. The topological polar surface area (TPSA) is 59.5 Å². The molecule has 196 valence electrons. The molecule has 0 amide bonds. The van der Waals surface area contributed by atoms with Crippen molar-refractivity contribution in [3.63, 3.8) is 0 Å². The highest BCUT2D eigenvalue weighted by molar-refractivity contribution is 7.07. The van der Waals surface area contributed by atoms with Crippen molar-refractivity contribution in [2.45, 2.75) is 26.3 Å². The summed E-state index contributed by atoms with van der Waals surface area (Å²) >= 11 is 1.73. The molecule has 0 saturated heterocycles. The highest BCUT2D eigenvalue weighted by Crippen LogP contribution is 2.35. The Morgan fingerprint density at radius 1 is 0.975 bits per heavy atom. The largest absolute Gasteiger partial charge is 0.478 e. The maximum Gasteiger partial charge on any atom is 0.337 e. The van der Waals surface area contributed by atoms with Crippen molar-refractivity contribution >= 4 is 44.6 Å². The number of benzene rings is 3. The van der Waals surface area contributed by atoms with Crippen molar-refractivity contribution in [2.24, 2.45) is 0 Å². The fourth-order valence-electron chi connectivity index (χ4n) is 5.95. The van der Waals surface area contributed by atoms with Crippen molar-refractivity contribution in [3.05, 3.63) is 130 Å². The number of carboxylic acids is 1. The van der Waals surface area contributed by atoms with E-state index in [-0.39, 0.29) is 5.56 Å². The maximum atomic E-state index is 12.6. The quantitative estimate of drug-likeness (QED) is 0.222. The summed E-state index contributed by atoms with van der Waals surface area (Å²) in [6.45, 7) is 3.06. The molecule has 3 aromatic carbocycles. The van der Waals surface area contributed by atoms with Gasteiger partial charge in [-0.1, -0.05) is 54.6 Å². The summed E-state index contributed by atoms with van der Waals surface area (Å²) in [5.74, 6) is -0.948. The maximum absolute atomic E-state index is 12.6. The molecule has 1 N–H and O–H groups in total. The monoisotopic (exact) mass is 541 g/mol. The molecule has 4 aromatic heterocycles. The van der Waals surface area contributed by atoms with Gasteiger partial charge in [0.2, 0.25) is 0 Å². The van der Waals surface area contributed by atoms with Crippen molar-refractivity contribution in [3.8, 4) is 11.3 Å². The number of aromatic carboxylic acids is 1. The van der Waals surface area contributed by atoms with Crippen molar-refractivity contribution in [1.82, 2.24) is 14.0 Å². The number of imidazole rings is 1. The van der Waals surface area contributed by atoms with E-state index in [2.05, 4.69) is 57.1 Å². The number of pyridine rings is 1. The van der Waals surface area contributed by atoms with Gasteiger partial charge in [0.15, 0.2) is 0 Å². The molecular formula is C34H27N3O2S. The van der Waals surface area contributed by atoms with Crippen LogP contribution in [0.4, 0.5) is 0 Å². The van der Waals surface area contributed by atoms with Gasteiger partial charge in [-0.2, -0.15) is 11.3 Å². The molecule has 7 aromatic rings. The molecule has 0 fully saturated rings. The molecule has 40 heavy (non-hydrogen) atoms. The van der Waals surface area contributed by atoms with E-state index in [9.17, 15) is 9.90 Å². The minimum atomic E-state index is -0.948. The summed E-state index contributed by atoms with van der Waals surface area (Å²) in [5.41, 5.74) is 8.43. The fourth-order valence-corrected chi connectivity index (χ4v) is 6.65. The number of hydrogen-bond acceptors (Lipinski definition) is 3. The Kier molecular flexibility index (Phi) is 5.98. The van der Waals surface area contributed by atoms with Gasteiger partial charge in [-0.05, 0) is 75.8 Å². The second-order valence-electron chi connectivity index (χ2n) is 10.2. The van der Waals surface area contributed by atoms with Crippen LogP contribution in [-0.2, 0) is 19.4 Å². The summed E-state index contributed by atoms with van der Waals surface area (Å²) in [6.07, 6.45) is 5.89. The number of carbonyl (C=O) groups is 1. The Bertz CT molecular complexity index is 2030. The lowest BCUT2D eigenvalue weighted by Crippen LogP contribution is -2.03. The molecule has 4 heterocycles. The predicted octanol–water partition coefficient (Wildman–Crippen LogP) is 8.01. The second-order valence-corrected chi connectivity index (χ2v) is 11.0. The van der Waals surface area contributed by atoms with E-state index < -0.39 is 5.97 Å². The van der Waals surface area contributed by atoms with E-state index in [0.717, 1.165) is 35.1 Å². The first-order valence-electron chi connectivity index (χ1n) is 13.4. The molecule has 0 unspecified atom stereocenters. The molecule has 5 nitrogen and oxygen atoms in total. The van der Waals surface area contributed by atoms with E-state index in [1.165, 1.54) is 27.6 Å². The van der Waals surface area contributed by atoms with Gasteiger partial charge in [-0.25, -0.2) is 9.78 Å². The Hall–Kier alpha value is -4.68. The van der Waals surface area contributed by atoms with Crippen LogP contribution < -0.4 is 0 Å². The minimum Gasteiger partial charge on any atom is -0.478 e. The number of hydrogen-bond donors (Lipinski definition) is 1. The molecule has 0 bridgehead atoms. The van der Waals surface area contributed by atoms with Gasteiger partial charge in [0.1, 0.15) is 5.65 Å². The van der Waals surface area contributed by atoms with Crippen LogP contribution in [0.5, 0.6) is 0 Å². The molecule has 0 atom stereocenters. The first kappa shape index (κ1) is 24.4. The zero-order valence-electron chi connectivity index (χ0n) is 22.0. The SMILES string of the molecule is Cc1cccc2c1c(Cc1c(-c3ccc4ccccc4c3C(=O)O)nc3ccccn13)cn2CCc1ccsc1. The molecule has 0 saturated carbocycles. The summed E-state index contributed by atoms with van der Waals surface area (Å²) in [5, 5.41) is 17.6. The number of thiophene rings is 1. The van der Waals surface area contributed by atoms with Gasteiger partial charge in [-0.3, -0.25) is 0 Å². The number of rotatable bonds is 7. The smallest absolute Gasteiger partial charge is 0.337 e. The lowest BCUT2D eigenvalue weighted by atomic mass is 9.94. The zero-order chi connectivity index (χ0) is 27.2. The summed E-state index contributed by atoms with van der Waals surface area (Å²) in [4.78, 5) is 17.7. The third-order valence-corrected chi connectivity index (χ3v) is 8.53. The van der Waals surface area contributed by atoms with Gasteiger partial charge in [0, 0.05) is 41.8 Å². The Morgan fingerprint density at radius 2 is 1.85 bits per heavy atom. The van der Waals surface area contributed by atoms with E-state index in [1.807, 2.05) is 60.8 Å². The Balaban J connectivity index is 1.41. The molecule has 7 rings (SSSR count). The van der Waals surface area contributed by atoms with Gasteiger partial charge in [0.25, 0.3) is 0 Å². The van der Waals surface area contributed by atoms with Crippen LogP contribution in [0.1, 0.15) is 32.7 Å². The average Bonchev–Trinajstić information content (AvgIpc) is 3.70. The lowest BCUT2D eigenvalue weighted by Gasteiger charge is -2.11. The van der Waals surface area contributed by atoms with Gasteiger partial charge in [0.05, 0.1) is 17.0 Å². The summed E-state index contributed by atoms with van der Waals surface area (Å²) in [7, 11) is 0. The molecular weight excluding hydrogens is 514 g/mol. The number of aryl methyl sites for hydroxylation is 3. The van der Waals surface area contributed by atoms with Crippen molar-refractivity contribution in [1.29, 1.82) is 0 Å². The number of aromatic nitrogens is 3. The van der Waals surface area contributed by atoms with E-state index in [0.29, 0.717) is 17.7 Å². The Labute approximate surface area is 235 Å². The van der Waals surface area contributed by atoms with Crippen molar-refractivity contribution < 1.29 is 9.90 Å². The normalized spacial score (nSPS) is 11.6. The third kappa shape index (κ3) is 4.08. The van der Waals surface area contributed by atoms with Crippen LogP contribution in [0.15, 0.2) is 102 Å². The lowest BCUT2D eigenvalue weighted by molar-refractivity contribution is 0.0700. The fraction of sp³-hybridized carbons (Fsp3) is 0.118. The van der Waals surface area contributed by atoms with E-state index in [4.69, 9.17) is 4.98 Å². The third-order valence-electron chi connectivity index (χ3n) is 7.80. The Morgan fingerprint density at radius 3 is 2.70 bits per heavy atom. The summed E-state index contributed by atoms with van der Waals surface area (Å²) < 4.78 is 4.46. The zero-order valence-corrected chi connectivity index (χ0v) is 22.9. The van der Waals surface area contributed by atoms with Gasteiger partial charge < -0.3 is 14.1 Å². The predicted molar refractivity (Wildman–Crippen MR) is 163 cm³/mol. The molecule has 0 spiro atoms. The standard InChI is InChI=1S/C34H27N3O2S/c1-22-7-6-10-28-31(22)25(20-36(28)17-14-23-15-18-40-21-23)19-29-33(35-30-11-4-5-16-37(29)30)27-13-12-24-8-2-3-9-26(24)32(27)34(38)39/h2-13,15-16,18,20-21H,14,17,19H2,1H3,(H,38,39). The molecule has 0 radical (unpaired) electrons. The van der Waals surface area contributed by atoms with Crippen LogP contribution in [0, 0.1) is 6.92 Å². The number of nitrogens with zero attached hydrogens (tertiary/aromatic N) is 3. The van der Waals surface area contributed by atoms with Crippen LogP contribution in [-0.4, -0.2) is 25.0 Å². The van der Waals surface area contributed by atoms with Gasteiger partial charge in [-0.15, -0.1) is 0 Å². The summed E-state index contributed by atoms with van der Waals surface area (Å²) in [6, 6.07) is 26.2. The average molecular weight is 542 g/mol. The van der Waals surface area contributed by atoms with E-state index >= 15 is 0 Å². The van der Waals surface area contributed by atoms with Crippen LogP contribution in [0.25, 0.3) is 38.6 Å². The number of carboxylic acid groups (broad SMARTS) is 1. The minimum absolute atomic E-state index is 0.289. The first-order chi connectivity index (χ1) is 19.6. The highest BCUT2D eigenvalue weighted by Gasteiger charge is 2.23. The van der Waals surface area contributed by atoms with Gasteiger partial charge >= 0.3 is 5.97 Å². The van der Waals surface area contributed by atoms with Crippen LogP contribution >= 0.6 is 11.3 Å². The first-order valence-corrected chi connectivity index (χ1v) is 14.3. The number of fused-ring (bicyclic) bond motifs is 3. The second kappa shape index (κ2) is 9.81.